The van der Waals surface area contributed by atoms with Crippen molar-refractivity contribution in [1.29, 1.82) is 0 Å². The quantitative estimate of drug-likeness (QED) is 0.788. The van der Waals surface area contributed by atoms with Crippen LogP contribution in [0.1, 0.15) is 21.5 Å². The molecule has 0 aliphatic heterocycles. The molecule has 0 bridgehead atoms. The number of carbonyl (C=O) groups excluding carboxylic acids is 1. The lowest BCUT2D eigenvalue weighted by Gasteiger charge is -2.14. The largest absolute Gasteiger partial charge is 0.490 e. The summed E-state index contributed by atoms with van der Waals surface area (Å²) < 4.78 is 49.3. The number of ether oxygens (including phenoxy) is 2. The van der Waals surface area contributed by atoms with Crippen LogP contribution in [-0.4, -0.2) is 26.2 Å². The molecular weight excluding hydrogens is 335 g/mol. The number of hydrogen-bond acceptors (Lipinski definition) is 3. The maximum Gasteiger partial charge on any atom is 0.416 e. The molecule has 0 aliphatic carbocycles. The number of para-hydroxylation sites is 1. The van der Waals surface area contributed by atoms with Crippen molar-refractivity contribution in [3.63, 3.8) is 0 Å². The number of carbonyl (C=O) groups is 1. The summed E-state index contributed by atoms with van der Waals surface area (Å²) in [6.45, 7) is 1.97. The first kappa shape index (κ1) is 18.8. The number of halogens is 3. The summed E-state index contributed by atoms with van der Waals surface area (Å²) in [7, 11) is 1.53. The van der Waals surface area contributed by atoms with E-state index in [0.29, 0.717) is 12.4 Å². The van der Waals surface area contributed by atoms with Gasteiger partial charge in [0.05, 0.1) is 17.7 Å². The van der Waals surface area contributed by atoms with Crippen molar-refractivity contribution in [2.24, 2.45) is 0 Å². The number of hydrogen-bond donors (Lipinski definition) is 1. The number of nitrogens with one attached hydrogen (secondary N) is 1. The molecule has 25 heavy (non-hydrogen) atoms. The second-order valence-corrected chi connectivity index (χ2v) is 5.32. The van der Waals surface area contributed by atoms with Gasteiger partial charge in [-0.05, 0) is 36.8 Å². The SMILES string of the molecule is COCCOc1ccccc1C(=O)Nc1ccc(C)c(C(F)(F)F)c1. The fourth-order valence-corrected chi connectivity index (χ4v) is 2.22. The Morgan fingerprint density at radius 3 is 2.52 bits per heavy atom. The lowest BCUT2D eigenvalue weighted by atomic mass is 10.1. The van der Waals surface area contributed by atoms with Crippen molar-refractivity contribution < 1.29 is 27.4 Å². The monoisotopic (exact) mass is 353 g/mol. The van der Waals surface area contributed by atoms with Gasteiger partial charge < -0.3 is 14.8 Å². The summed E-state index contributed by atoms with van der Waals surface area (Å²) in [6.07, 6.45) is -4.48. The van der Waals surface area contributed by atoms with Crippen LogP contribution in [-0.2, 0) is 10.9 Å². The Morgan fingerprint density at radius 2 is 1.84 bits per heavy atom. The van der Waals surface area contributed by atoms with Crippen LogP contribution in [0.15, 0.2) is 42.5 Å². The molecule has 0 fully saturated rings. The number of alkyl halides is 3. The lowest BCUT2D eigenvalue weighted by molar-refractivity contribution is -0.138. The Morgan fingerprint density at radius 1 is 1.12 bits per heavy atom. The van der Waals surface area contributed by atoms with Gasteiger partial charge in [-0.3, -0.25) is 4.79 Å². The molecule has 134 valence electrons. The van der Waals surface area contributed by atoms with E-state index < -0.39 is 17.6 Å². The van der Waals surface area contributed by atoms with Crippen molar-refractivity contribution in [3.8, 4) is 5.75 Å². The van der Waals surface area contributed by atoms with Crippen LogP contribution < -0.4 is 10.1 Å². The van der Waals surface area contributed by atoms with E-state index in [1.165, 1.54) is 32.2 Å². The predicted octanol–water partition coefficient (Wildman–Crippen LogP) is 4.29. The van der Waals surface area contributed by atoms with E-state index in [1.807, 2.05) is 0 Å². The minimum Gasteiger partial charge on any atom is -0.490 e. The predicted molar refractivity (Wildman–Crippen MR) is 87.9 cm³/mol. The first-order valence-corrected chi connectivity index (χ1v) is 7.53. The molecule has 2 aromatic carbocycles. The minimum absolute atomic E-state index is 0.0645. The van der Waals surface area contributed by atoms with Gasteiger partial charge in [0.25, 0.3) is 5.91 Å². The Hall–Kier alpha value is -2.54. The molecule has 7 heteroatoms. The van der Waals surface area contributed by atoms with Crippen LogP contribution in [0.2, 0.25) is 0 Å². The van der Waals surface area contributed by atoms with Crippen LogP contribution in [0.4, 0.5) is 18.9 Å². The van der Waals surface area contributed by atoms with Gasteiger partial charge in [0.2, 0.25) is 0 Å². The van der Waals surface area contributed by atoms with Crippen LogP contribution in [0.5, 0.6) is 5.75 Å². The molecule has 0 atom stereocenters. The van der Waals surface area contributed by atoms with Gasteiger partial charge in [-0.1, -0.05) is 18.2 Å². The van der Waals surface area contributed by atoms with E-state index in [1.54, 1.807) is 18.2 Å². The zero-order valence-electron chi connectivity index (χ0n) is 13.8. The van der Waals surface area contributed by atoms with Gasteiger partial charge in [0.1, 0.15) is 12.4 Å². The van der Waals surface area contributed by atoms with Crippen molar-refractivity contribution >= 4 is 11.6 Å². The van der Waals surface area contributed by atoms with Gasteiger partial charge in [-0.2, -0.15) is 13.2 Å². The molecule has 2 rings (SSSR count). The third-order valence-corrected chi connectivity index (χ3v) is 3.48. The fraction of sp³-hybridized carbons (Fsp3) is 0.278. The summed E-state index contributed by atoms with van der Waals surface area (Å²) in [5.41, 5.74) is -0.397. The van der Waals surface area contributed by atoms with Crippen molar-refractivity contribution in [2.45, 2.75) is 13.1 Å². The summed E-state index contributed by atoms with van der Waals surface area (Å²) in [5.74, 6) is -0.217. The van der Waals surface area contributed by atoms with Crippen LogP contribution in [0, 0.1) is 6.92 Å². The molecule has 2 aromatic rings. The molecule has 0 heterocycles. The Bertz CT molecular complexity index is 745. The maximum absolute atomic E-state index is 13.0. The maximum atomic E-state index is 13.0. The first-order chi connectivity index (χ1) is 11.8. The summed E-state index contributed by atoms with van der Waals surface area (Å²) in [4.78, 5) is 12.4. The number of anilines is 1. The third kappa shape index (κ3) is 4.96. The highest BCUT2D eigenvalue weighted by Gasteiger charge is 2.32. The molecule has 0 saturated carbocycles. The van der Waals surface area contributed by atoms with Gasteiger partial charge in [0, 0.05) is 12.8 Å². The standard InChI is InChI=1S/C18H18F3NO3/c1-12-7-8-13(11-15(12)18(19,20)21)22-17(23)14-5-3-4-6-16(14)25-10-9-24-2/h3-8,11H,9-10H2,1-2H3,(H,22,23). The van der Waals surface area contributed by atoms with E-state index in [2.05, 4.69) is 5.32 Å². The smallest absolute Gasteiger partial charge is 0.416 e. The number of aryl methyl sites for hydroxylation is 1. The molecule has 4 nitrogen and oxygen atoms in total. The number of benzene rings is 2. The fourth-order valence-electron chi connectivity index (χ4n) is 2.22. The Labute approximate surface area is 143 Å². The minimum atomic E-state index is -4.48. The van der Waals surface area contributed by atoms with E-state index in [0.717, 1.165) is 6.07 Å². The molecule has 0 saturated heterocycles. The summed E-state index contributed by atoms with van der Waals surface area (Å²) >= 11 is 0. The normalized spacial score (nSPS) is 11.2. The molecule has 0 radical (unpaired) electrons. The Balaban J connectivity index is 2.20. The lowest BCUT2D eigenvalue weighted by Crippen LogP contribution is -2.16. The zero-order chi connectivity index (χ0) is 18.4. The molecule has 0 spiro atoms. The van der Waals surface area contributed by atoms with Crippen LogP contribution in [0.25, 0.3) is 0 Å². The first-order valence-electron chi connectivity index (χ1n) is 7.53. The van der Waals surface area contributed by atoms with Crippen LogP contribution >= 0.6 is 0 Å². The van der Waals surface area contributed by atoms with Gasteiger partial charge in [0.15, 0.2) is 0 Å². The number of methoxy groups -OCH3 is 1. The van der Waals surface area contributed by atoms with Gasteiger partial charge in [-0.15, -0.1) is 0 Å². The topological polar surface area (TPSA) is 47.6 Å². The zero-order valence-corrected chi connectivity index (χ0v) is 13.8. The molecular formula is C18H18F3NO3. The number of rotatable bonds is 6. The number of amides is 1. The third-order valence-electron chi connectivity index (χ3n) is 3.48. The van der Waals surface area contributed by atoms with Gasteiger partial charge >= 0.3 is 6.18 Å². The highest BCUT2D eigenvalue weighted by Crippen LogP contribution is 2.33. The highest BCUT2D eigenvalue weighted by molar-refractivity contribution is 6.06. The Kier molecular flexibility index (Phi) is 6.03. The summed E-state index contributed by atoms with van der Waals surface area (Å²) in [6, 6.07) is 10.2. The van der Waals surface area contributed by atoms with Crippen molar-refractivity contribution in [2.75, 3.05) is 25.6 Å². The van der Waals surface area contributed by atoms with Crippen molar-refractivity contribution in [3.05, 3.63) is 59.2 Å². The summed E-state index contributed by atoms with van der Waals surface area (Å²) in [5, 5.41) is 2.48. The second-order valence-electron chi connectivity index (χ2n) is 5.32. The molecule has 1 N–H and O–H groups in total. The van der Waals surface area contributed by atoms with E-state index >= 15 is 0 Å². The van der Waals surface area contributed by atoms with Crippen LogP contribution in [0.3, 0.4) is 0 Å². The molecule has 0 unspecified atom stereocenters. The average molecular weight is 353 g/mol. The second kappa shape index (κ2) is 8.02. The highest BCUT2D eigenvalue weighted by atomic mass is 19.4. The van der Waals surface area contributed by atoms with Crippen molar-refractivity contribution in [1.82, 2.24) is 0 Å². The van der Waals surface area contributed by atoms with E-state index in [-0.39, 0.29) is 23.4 Å². The van der Waals surface area contributed by atoms with E-state index in [4.69, 9.17) is 9.47 Å². The van der Waals surface area contributed by atoms with Gasteiger partial charge in [-0.25, -0.2) is 0 Å². The molecule has 0 aromatic heterocycles. The molecule has 0 aliphatic rings. The van der Waals surface area contributed by atoms with E-state index in [9.17, 15) is 18.0 Å². The average Bonchev–Trinajstić information content (AvgIpc) is 2.56. The molecule has 1 amide bonds.